The van der Waals surface area contributed by atoms with Crippen LogP contribution in [0, 0.1) is 5.92 Å². The minimum Gasteiger partial charge on any atom is -0.393 e. The Hall–Kier alpha value is -0.0800. The average molecular weight is 211 g/mol. The molecular formula is C13H25NO. The molecule has 2 nitrogen and oxygen atoms in total. The molecule has 0 aromatic heterocycles. The highest BCUT2D eigenvalue weighted by Gasteiger charge is 2.31. The molecule has 0 aromatic rings. The van der Waals surface area contributed by atoms with Gasteiger partial charge < -0.3 is 10.0 Å². The molecular weight excluding hydrogens is 186 g/mol. The second-order valence-electron chi connectivity index (χ2n) is 5.70. The monoisotopic (exact) mass is 211 g/mol. The molecule has 15 heavy (non-hydrogen) atoms. The predicted molar refractivity (Wildman–Crippen MR) is 62.8 cm³/mol. The molecule has 0 aliphatic heterocycles. The van der Waals surface area contributed by atoms with E-state index in [1.165, 1.54) is 32.1 Å². The summed E-state index contributed by atoms with van der Waals surface area (Å²) in [6, 6.07) is 1.44. The normalized spacial score (nSPS) is 42.4. The van der Waals surface area contributed by atoms with Gasteiger partial charge in [0.2, 0.25) is 0 Å². The Balaban J connectivity index is 1.82. The molecule has 2 rings (SSSR count). The van der Waals surface area contributed by atoms with Gasteiger partial charge in [-0.15, -0.1) is 0 Å². The molecule has 0 amide bonds. The first kappa shape index (κ1) is 11.4. The molecule has 1 N–H and O–H groups in total. The van der Waals surface area contributed by atoms with Crippen molar-refractivity contribution in [3.63, 3.8) is 0 Å². The maximum atomic E-state index is 9.56. The largest absolute Gasteiger partial charge is 0.393 e. The van der Waals surface area contributed by atoms with Crippen LogP contribution in [0.15, 0.2) is 0 Å². The zero-order valence-corrected chi connectivity index (χ0v) is 10.2. The third-order valence-corrected chi connectivity index (χ3v) is 4.51. The van der Waals surface area contributed by atoms with Gasteiger partial charge in [0.25, 0.3) is 0 Å². The van der Waals surface area contributed by atoms with Gasteiger partial charge in [0.05, 0.1) is 6.10 Å². The first-order chi connectivity index (χ1) is 7.16. The Morgan fingerprint density at radius 3 is 2.07 bits per heavy atom. The van der Waals surface area contributed by atoms with Crippen LogP contribution in [0.25, 0.3) is 0 Å². The van der Waals surface area contributed by atoms with Gasteiger partial charge in [0.15, 0.2) is 0 Å². The van der Waals surface area contributed by atoms with Crippen molar-refractivity contribution in [2.24, 2.45) is 5.92 Å². The van der Waals surface area contributed by atoms with E-state index in [-0.39, 0.29) is 6.10 Å². The zero-order valence-electron chi connectivity index (χ0n) is 10.2. The summed E-state index contributed by atoms with van der Waals surface area (Å²) < 4.78 is 0. The second kappa shape index (κ2) is 4.84. The van der Waals surface area contributed by atoms with Crippen molar-refractivity contribution in [1.82, 2.24) is 4.90 Å². The van der Waals surface area contributed by atoms with Crippen molar-refractivity contribution in [3.8, 4) is 0 Å². The molecule has 0 spiro atoms. The highest BCUT2D eigenvalue weighted by atomic mass is 16.3. The quantitative estimate of drug-likeness (QED) is 0.758. The van der Waals surface area contributed by atoms with Crippen LogP contribution in [0.3, 0.4) is 0 Å². The Bertz CT molecular complexity index is 199. The van der Waals surface area contributed by atoms with Gasteiger partial charge in [-0.2, -0.15) is 0 Å². The van der Waals surface area contributed by atoms with Crippen LogP contribution in [0.2, 0.25) is 0 Å². The minimum absolute atomic E-state index is 0.0278. The summed E-state index contributed by atoms with van der Waals surface area (Å²) in [4.78, 5) is 2.56. The lowest BCUT2D eigenvalue weighted by Gasteiger charge is -2.37. The molecule has 2 aliphatic carbocycles. The average Bonchev–Trinajstić information content (AvgIpc) is 2.65. The number of rotatable bonds is 2. The van der Waals surface area contributed by atoms with Gasteiger partial charge >= 0.3 is 0 Å². The van der Waals surface area contributed by atoms with Crippen LogP contribution in [0.4, 0.5) is 0 Å². The molecule has 0 bridgehead atoms. The Kier molecular flexibility index (Phi) is 3.68. The van der Waals surface area contributed by atoms with Gasteiger partial charge in [-0.25, -0.2) is 0 Å². The van der Waals surface area contributed by atoms with Crippen molar-refractivity contribution in [2.75, 3.05) is 7.05 Å². The molecule has 2 heteroatoms. The smallest absolute Gasteiger partial charge is 0.0555 e. The fourth-order valence-corrected chi connectivity index (χ4v) is 3.25. The zero-order chi connectivity index (χ0) is 10.8. The van der Waals surface area contributed by atoms with Crippen molar-refractivity contribution >= 4 is 0 Å². The lowest BCUT2D eigenvalue weighted by Crippen LogP contribution is -2.41. The number of aliphatic hydroxyl groups is 1. The predicted octanol–water partition coefficient (Wildman–Crippen LogP) is 2.41. The summed E-state index contributed by atoms with van der Waals surface area (Å²) >= 11 is 0. The summed E-state index contributed by atoms with van der Waals surface area (Å²) in [7, 11) is 2.27. The summed E-state index contributed by atoms with van der Waals surface area (Å²) in [5.41, 5.74) is 0. The molecule has 0 radical (unpaired) electrons. The van der Waals surface area contributed by atoms with E-state index in [0.717, 1.165) is 24.8 Å². The van der Waals surface area contributed by atoms with Crippen LogP contribution >= 0.6 is 0 Å². The van der Waals surface area contributed by atoms with Crippen LogP contribution in [0.1, 0.15) is 51.9 Å². The molecule has 2 atom stereocenters. The van der Waals surface area contributed by atoms with E-state index in [1.54, 1.807) is 0 Å². The molecule has 2 fully saturated rings. The minimum atomic E-state index is -0.0278. The third kappa shape index (κ3) is 2.73. The molecule has 0 saturated heterocycles. The fraction of sp³-hybridized carbons (Fsp3) is 1.00. The van der Waals surface area contributed by atoms with Crippen LogP contribution in [-0.2, 0) is 0 Å². The molecule has 88 valence electrons. The van der Waals surface area contributed by atoms with Gasteiger partial charge in [-0.3, -0.25) is 0 Å². The first-order valence-corrected chi connectivity index (χ1v) is 6.57. The standard InChI is InChI=1S/C13H25NO/c1-10-3-5-11(6-4-10)14(2)12-7-8-13(15)9-12/h10-13,15H,3-9H2,1-2H3. The lowest BCUT2D eigenvalue weighted by atomic mass is 9.86. The van der Waals surface area contributed by atoms with Gasteiger partial charge in [0, 0.05) is 12.1 Å². The molecule has 0 heterocycles. The van der Waals surface area contributed by atoms with Crippen LogP contribution in [-0.4, -0.2) is 35.2 Å². The number of hydrogen-bond donors (Lipinski definition) is 1. The van der Waals surface area contributed by atoms with E-state index in [2.05, 4.69) is 18.9 Å². The summed E-state index contributed by atoms with van der Waals surface area (Å²) in [6.45, 7) is 2.37. The molecule has 2 unspecified atom stereocenters. The Morgan fingerprint density at radius 2 is 1.53 bits per heavy atom. The summed E-state index contributed by atoms with van der Waals surface area (Å²) in [5.74, 6) is 0.934. The maximum Gasteiger partial charge on any atom is 0.0555 e. The SMILES string of the molecule is CC1CCC(N(C)C2CCC(O)C2)CC1. The van der Waals surface area contributed by atoms with Crippen molar-refractivity contribution in [2.45, 2.75) is 70.1 Å². The van der Waals surface area contributed by atoms with Gasteiger partial charge in [-0.1, -0.05) is 6.92 Å². The third-order valence-electron chi connectivity index (χ3n) is 4.51. The highest BCUT2D eigenvalue weighted by Crippen LogP contribution is 2.31. The van der Waals surface area contributed by atoms with Gasteiger partial charge in [-0.05, 0) is 57.9 Å². The Labute approximate surface area is 93.7 Å². The van der Waals surface area contributed by atoms with E-state index in [9.17, 15) is 5.11 Å². The summed E-state index contributed by atoms with van der Waals surface area (Å²) in [5, 5.41) is 9.56. The van der Waals surface area contributed by atoms with Crippen LogP contribution < -0.4 is 0 Å². The maximum absolute atomic E-state index is 9.56. The molecule has 0 aromatic carbocycles. The van der Waals surface area contributed by atoms with Crippen molar-refractivity contribution in [1.29, 1.82) is 0 Å². The number of hydrogen-bond acceptors (Lipinski definition) is 2. The summed E-state index contributed by atoms with van der Waals surface area (Å²) in [6.07, 6.45) is 8.70. The van der Waals surface area contributed by atoms with E-state index in [1.807, 2.05) is 0 Å². The Morgan fingerprint density at radius 1 is 0.933 bits per heavy atom. The fourth-order valence-electron chi connectivity index (χ4n) is 3.25. The van der Waals surface area contributed by atoms with Crippen LogP contribution in [0.5, 0.6) is 0 Å². The van der Waals surface area contributed by atoms with E-state index in [4.69, 9.17) is 0 Å². The number of nitrogens with zero attached hydrogens (tertiary/aromatic N) is 1. The topological polar surface area (TPSA) is 23.5 Å². The first-order valence-electron chi connectivity index (χ1n) is 6.57. The highest BCUT2D eigenvalue weighted by molar-refractivity contribution is 4.86. The molecule has 2 saturated carbocycles. The lowest BCUT2D eigenvalue weighted by molar-refractivity contribution is 0.110. The molecule has 2 aliphatic rings. The van der Waals surface area contributed by atoms with E-state index >= 15 is 0 Å². The van der Waals surface area contributed by atoms with Gasteiger partial charge in [0.1, 0.15) is 0 Å². The van der Waals surface area contributed by atoms with E-state index < -0.39 is 0 Å². The van der Waals surface area contributed by atoms with Crippen molar-refractivity contribution < 1.29 is 5.11 Å². The van der Waals surface area contributed by atoms with E-state index in [0.29, 0.717) is 6.04 Å². The van der Waals surface area contributed by atoms with Crippen molar-refractivity contribution in [3.05, 3.63) is 0 Å². The second-order valence-corrected chi connectivity index (χ2v) is 5.70. The number of aliphatic hydroxyl groups excluding tert-OH is 1.